The van der Waals surface area contributed by atoms with Crippen molar-refractivity contribution in [1.29, 1.82) is 0 Å². The first-order chi connectivity index (χ1) is 11.7. The molecule has 0 amide bonds. The van der Waals surface area contributed by atoms with E-state index in [1.807, 2.05) is 36.4 Å². The van der Waals surface area contributed by atoms with E-state index >= 15 is 0 Å². The van der Waals surface area contributed by atoms with Gasteiger partial charge >= 0.3 is 0 Å². The van der Waals surface area contributed by atoms with Crippen LogP contribution >= 0.6 is 11.6 Å². The third-order valence-corrected chi connectivity index (χ3v) is 4.35. The zero-order chi connectivity index (χ0) is 16.9. The molecule has 2 nitrogen and oxygen atoms in total. The molecule has 0 saturated carbocycles. The second-order valence-electron chi connectivity index (χ2n) is 5.53. The van der Waals surface area contributed by atoms with Crippen molar-refractivity contribution < 1.29 is 9.47 Å². The summed E-state index contributed by atoms with van der Waals surface area (Å²) in [5, 5.41) is 0.738. The van der Waals surface area contributed by atoms with Gasteiger partial charge in [0.2, 0.25) is 0 Å². The van der Waals surface area contributed by atoms with Crippen molar-refractivity contribution in [1.82, 2.24) is 0 Å². The summed E-state index contributed by atoms with van der Waals surface area (Å²) in [5.41, 5.74) is 3.58. The minimum atomic E-state index is 0.124. The molecule has 3 aromatic carbocycles. The van der Waals surface area contributed by atoms with Gasteiger partial charge in [0.1, 0.15) is 11.5 Å². The Morgan fingerprint density at radius 3 is 1.25 bits per heavy atom. The molecule has 0 fully saturated rings. The maximum atomic E-state index is 6.05. The maximum Gasteiger partial charge on any atom is 0.118 e. The van der Waals surface area contributed by atoms with Crippen molar-refractivity contribution in [2.75, 3.05) is 14.2 Å². The first-order valence-corrected chi connectivity index (χ1v) is 8.12. The highest BCUT2D eigenvalue weighted by Gasteiger charge is 2.17. The summed E-state index contributed by atoms with van der Waals surface area (Å²) in [6.45, 7) is 0. The number of rotatable bonds is 5. The summed E-state index contributed by atoms with van der Waals surface area (Å²) < 4.78 is 10.5. The quantitative estimate of drug-likeness (QED) is 0.569. The summed E-state index contributed by atoms with van der Waals surface area (Å²) in [7, 11) is 3.35. The van der Waals surface area contributed by atoms with Gasteiger partial charge < -0.3 is 9.47 Å². The molecule has 3 heteroatoms. The average molecular weight is 339 g/mol. The second kappa shape index (κ2) is 7.41. The van der Waals surface area contributed by atoms with Crippen molar-refractivity contribution in [2.24, 2.45) is 0 Å². The number of hydrogen-bond acceptors (Lipinski definition) is 2. The highest BCUT2D eigenvalue weighted by molar-refractivity contribution is 6.30. The van der Waals surface area contributed by atoms with Crippen molar-refractivity contribution in [3.63, 3.8) is 0 Å². The molecule has 0 saturated heterocycles. The molecule has 3 aromatic rings. The lowest BCUT2D eigenvalue weighted by molar-refractivity contribution is 0.414. The van der Waals surface area contributed by atoms with Gasteiger partial charge in [0.15, 0.2) is 0 Å². The van der Waals surface area contributed by atoms with Crippen molar-refractivity contribution in [3.05, 3.63) is 94.5 Å². The number of methoxy groups -OCH3 is 2. The molecule has 3 rings (SSSR count). The summed E-state index contributed by atoms with van der Waals surface area (Å²) in [5.74, 6) is 1.82. The molecule has 0 N–H and O–H groups in total. The van der Waals surface area contributed by atoms with Crippen LogP contribution in [-0.2, 0) is 0 Å². The van der Waals surface area contributed by atoms with Crippen LogP contribution in [0.2, 0.25) is 5.02 Å². The largest absolute Gasteiger partial charge is 0.497 e. The van der Waals surface area contributed by atoms with Gasteiger partial charge in [-0.25, -0.2) is 0 Å². The Labute approximate surface area is 147 Å². The molecule has 0 aliphatic carbocycles. The van der Waals surface area contributed by atoms with E-state index in [1.165, 1.54) is 16.7 Å². The van der Waals surface area contributed by atoms with Gasteiger partial charge in [-0.1, -0.05) is 48.0 Å². The van der Waals surface area contributed by atoms with Gasteiger partial charge in [-0.05, 0) is 53.1 Å². The molecular formula is C21H19ClO2. The Morgan fingerprint density at radius 2 is 0.917 bits per heavy atom. The zero-order valence-corrected chi connectivity index (χ0v) is 14.5. The lowest BCUT2D eigenvalue weighted by atomic mass is 9.85. The summed E-state index contributed by atoms with van der Waals surface area (Å²) in [4.78, 5) is 0. The van der Waals surface area contributed by atoms with Crippen molar-refractivity contribution in [3.8, 4) is 11.5 Å². The van der Waals surface area contributed by atoms with Crippen molar-refractivity contribution in [2.45, 2.75) is 5.92 Å². The monoisotopic (exact) mass is 338 g/mol. The number of ether oxygens (including phenoxy) is 2. The minimum absolute atomic E-state index is 0.124. The summed E-state index contributed by atoms with van der Waals surface area (Å²) in [6, 6.07) is 24.3. The molecule has 0 aliphatic heterocycles. The van der Waals surface area contributed by atoms with Crippen LogP contribution in [0.3, 0.4) is 0 Å². The molecule has 0 bridgehead atoms. The summed E-state index contributed by atoms with van der Waals surface area (Å²) >= 11 is 6.05. The van der Waals surface area contributed by atoms with Gasteiger partial charge in [-0.15, -0.1) is 0 Å². The standard InChI is InChI=1S/C21H19ClO2/c1-23-19-11-5-16(6-12-19)21(15-3-9-18(22)10-4-15)17-7-13-20(24-2)14-8-17/h3-14,21H,1-2H3. The van der Waals surface area contributed by atoms with Crippen LogP contribution in [-0.4, -0.2) is 14.2 Å². The number of hydrogen-bond donors (Lipinski definition) is 0. The number of halogens is 1. The topological polar surface area (TPSA) is 18.5 Å². The Balaban J connectivity index is 2.06. The molecule has 0 atom stereocenters. The molecule has 0 aliphatic rings. The molecule has 122 valence electrons. The lowest BCUT2D eigenvalue weighted by Crippen LogP contribution is -2.03. The fourth-order valence-electron chi connectivity index (χ4n) is 2.83. The highest BCUT2D eigenvalue weighted by Crippen LogP contribution is 2.34. The van der Waals surface area contributed by atoms with Crippen LogP contribution in [0.4, 0.5) is 0 Å². The first kappa shape index (κ1) is 16.4. The van der Waals surface area contributed by atoms with Gasteiger partial charge in [0, 0.05) is 10.9 Å². The Kier molecular flexibility index (Phi) is 5.07. The third-order valence-electron chi connectivity index (χ3n) is 4.10. The Bertz CT molecular complexity index is 730. The van der Waals surface area contributed by atoms with Crippen molar-refractivity contribution >= 4 is 11.6 Å². The molecular weight excluding hydrogens is 320 g/mol. The van der Waals surface area contributed by atoms with E-state index in [-0.39, 0.29) is 5.92 Å². The van der Waals surface area contributed by atoms with Crippen LogP contribution in [0.15, 0.2) is 72.8 Å². The molecule has 0 spiro atoms. The fraction of sp³-hybridized carbons (Fsp3) is 0.143. The van der Waals surface area contributed by atoms with Crippen LogP contribution in [0.1, 0.15) is 22.6 Å². The van der Waals surface area contributed by atoms with E-state index in [0.29, 0.717) is 0 Å². The highest BCUT2D eigenvalue weighted by atomic mass is 35.5. The third kappa shape index (κ3) is 3.55. The molecule has 0 radical (unpaired) electrons. The maximum absolute atomic E-state index is 6.05. The number of benzene rings is 3. The Morgan fingerprint density at radius 1 is 0.583 bits per heavy atom. The normalized spacial score (nSPS) is 10.7. The molecule has 0 unspecified atom stereocenters. The van der Waals surface area contributed by atoms with E-state index < -0.39 is 0 Å². The van der Waals surface area contributed by atoms with E-state index in [4.69, 9.17) is 21.1 Å². The predicted octanol–water partition coefficient (Wildman–Crippen LogP) is 5.54. The van der Waals surface area contributed by atoms with E-state index in [1.54, 1.807) is 14.2 Å². The fourth-order valence-corrected chi connectivity index (χ4v) is 2.95. The van der Waals surface area contributed by atoms with Gasteiger partial charge in [0.05, 0.1) is 14.2 Å². The molecule has 24 heavy (non-hydrogen) atoms. The zero-order valence-electron chi connectivity index (χ0n) is 13.7. The van der Waals surface area contributed by atoms with Gasteiger partial charge in [-0.2, -0.15) is 0 Å². The van der Waals surface area contributed by atoms with E-state index in [2.05, 4.69) is 36.4 Å². The first-order valence-electron chi connectivity index (χ1n) is 7.74. The summed E-state index contributed by atoms with van der Waals surface area (Å²) in [6.07, 6.45) is 0. The average Bonchev–Trinajstić information content (AvgIpc) is 2.64. The van der Waals surface area contributed by atoms with Crippen LogP contribution in [0.5, 0.6) is 11.5 Å². The van der Waals surface area contributed by atoms with E-state index in [0.717, 1.165) is 16.5 Å². The van der Waals surface area contributed by atoms with Crippen LogP contribution < -0.4 is 9.47 Å². The van der Waals surface area contributed by atoms with Crippen LogP contribution in [0, 0.1) is 0 Å². The second-order valence-corrected chi connectivity index (χ2v) is 5.97. The van der Waals surface area contributed by atoms with Crippen LogP contribution in [0.25, 0.3) is 0 Å². The lowest BCUT2D eigenvalue weighted by Gasteiger charge is -2.19. The van der Waals surface area contributed by atoms with E-state index in [9.17, 15) is 0 Å². The smallest absolute Gasteiger partial charge is 0.118 e. The molecule has 0 aromatic heterocycles. The minimum Gasteiger partial charge on any atom is -0.497 e. The molecule has 0 heterocycles. The predicted molar refractivity (Wildman–Crippen MR) is 98.4 cm³/mol. The SMILES string of the molecule is COc1ccc(C(c2ccc(Cl)cc2)c2ccc(OC)cc2)cc1. The van der Waals surface area contributed by atoms with Gasteiger partial charge in [0.25, 0.3) is 0 Å². The van der Waals surface area contributed by atoms with Gasteiger partial charge in [-0.3, -0.25) is 0 Å². The Hall–Kier alpha value is -2.45.